The lowest BCUT2D eigenvalue weighted by atomic mass is 10.0. The molecule has 0 rings (SSSR count). The number of carbonyl (C=O) groups excluding carboxylic acids is 3. The zero-order chi connectivity index (χ0) is 51.4. The Morgan fingerprint density at radius 2 is 0.507 bits per heavy atom. The van der Waals surface area contributed by atoms with Crippen molar-refractivity contribution < 1.29 is 28.6 Å². The predicted molar refractivity (Wildman–Crippen MR) is 307 cm³/mol. The van der Waals surface area contributed by atoms with Gasteiger partial charge in [0.25, 0.3) is 0 Å². The fourth-order valence-electron chi connectivity index (χ4n) is 9.65. The van der Waals surface area contributed by atoms with E-state index < -0.39 is 6.10 Å². The van der Waals surface area contributed by atoms with E-state index in [0.29, 0.717) is 19.3 Å². The molecule has 0 spiro atoms. The standard InChI is InChI=1S/C65H122O6/c1-4-7-10-13-16-19-22-25-28-30-31-32-33-35-38-41-44-47-50-53-56-59-65(68)71-62(60-69-63(66)57-54-51-48-45-42-39-36-27-24-21-18-15-12-9-6-3)61-70-64(67)58-55-52-49-46-43-40-37-34-29-26-23-20-17-14-11-8-5-2/h17,20,26,29,62H,4-16,18-19,21-25,27-28,30-61H2,1-3H3/b20-17-,29-26-/t62-/m0/s1. The quantitative estimate of drug-likeness (QED) is 0.0261. The summed E-state index contributed by atoms with van der Waals surface area (Å²) in [6.07, 6.45) is 71.8. The average Bonchev–Trinajstić information content (AvgIpc) is 3.37. The van der Waals surface area contributed by atoms with E-state index in [2.05, 4.69) is 45.1 Å². The van der Waals surface area contributed by atoms with Crippen molar-refractivity contribution >= 4 is 17.9 Å². The van der Waals surface area contributed by atoms with Gasteiger partial charge < -0.3 is 14.2 Å². The predicted octanol–water partition coefficient (Wildman–Crippen LogP) is 21.4. The number of unbranched alkanes of at least 4 members (excludes halogenated alkanes) is 44. The van der Waals surface area contributed by atoms with Crippen molar-refractivity contribution in [3.05, 3.63) is 24.3 Å². The Bertz CT molecular complexity index is 1150. The fraction of sp³-hybridized carbons (Fsp3) is 0.892. The maximum Gasteiger partial charge on any atom is 0.306 e. The first-order valence-electron chi connectivity index (χ1n) is 31.8. The smallest absolute Gasteiger partial charge is 0.306 e. The molecule has 0 aliphatic rings. The molecule has 6 heteroatoms. The lowest BCUT2D eigenvalue weighted by Crippen LogP contribution is -2.30. The van der Waals surface area contributed by atoms with E-state index in [9.17, 15) is 14.4 Å². The monoisotopic (exact) mass is 999 g/mol. The number of esters is 3. The van der Waals surface area contributed by atoms with Crippen molar-refractivity contribution in [1.29, 1.82) is 0 Å². The van der Waals surface area contributed by atoms with Crippen LogP contribution in [-0.4, -0.2) is 37.2 Å². The Balaban J connectivity index is 4.30. The number of hydrogen-bond acceptors (Lipinski definition) is 6. The molecule has 0 heterocycles. The Morgan fingerprint density at radius 3 is 0.803 bits per heavy atom. The van der Waals surface area contributed by atoms with Gasteiger partial charge >= 0.3 is 17.9 Å². The third-order valence-corrected chi connectivity index (χ3v) is 14.5. The zero-order valence-corrected chi connectivity index (χ0v) is 48.0. The van der Waals surface area contributed by atoms with E-state index in [4.69, 9.17) is 14.2 Å². The normalized spacial score (nSPS) is 12.1. The third-order valence-electron chi connectivity index (χ3n) is 14.5. The van der Waals surface area contributed by atoms with E-state index in [-0.39, 0.29) is 31.1 Å². The number of carbonyl (C=O) groups is 3. The number of hydrogen-bond donors (Lipinski definition) is 0. The van der Waals surface area contributed by atoms with E-state index in [1.165, 1.54) is 244 Å². The maximum atomic E-state index is 12.9. The fourth-order valence-corrected chi connectivity index (χ4v) is 9.65. The summed E-state index contributed by atoms with van der Waals surface area (Å²) in [5.74, 6) is -0.848. The SMILES string of the molecule is CCCCC/C=C\C/C=C\CCCCCCCCCC(=O)OC[C@H](COC(=O)CCCCCCCCCCCCCCCCC)OC(=O)CCCCCCCCCCCCCCCCCCCCCCC. The second-order valence-corrected chi connectivity index (χ2v) is 21.7. The Kier molecular flexibility index (Phi) is 58.6. The Hall–Kier alpha value is -2.11. The molecule has 0 radical (unpaired) electrons. The van der Waals surface area contributed by atoms with Gasteiger partial charge in [0.2, 0.25) is 0 Å². The van der Waals surface area contributed by atoms with Gasteiger partial charge in [-0.05, 0) is 51.4 Å². The van der Waals surface area contributed by atoms with Gasteiger partial charge in [0, 0.05) is 19.3 Å². The topological polar surface area (TPSA) is 78.9 Å². The molecular weight excluding hydrogens is 877 g/mol. The minimum Gasteiger partial charge on any atom is -0.462 e. The summed E-state index contributed by atoms with van der Waals surface area (Å²) in [5, 5.41) is 0. The van der Waals surface area contributed by atoms with Crippen molar-refractivity contribution in [2.45, 2.75) is 361 Å². The molecule has 71 heavy (non-hydrogen) atoms. The molecule has 0 fully saturated rings. The molecule has 0 amide bonds. The van der Waals surface area contributed by atoms with E-state index in [1.54, 1.807) is 0 Å². The number of rotatable bonds is 59. The zero-order valence-electron chi connectivity index (χ0n) is 48.0. The molecule has 0 aromatic rings. The van der Waals surface area contributed by atoms with Crippen LogP contribution in [0.4, 0.5) is 0 Å². The molecule has 418 valence electrons. The first-order valence-corrected chi connectivity index (χ1v) is 31.8. The largest absolute Gasteiger partial charge is 0.462 e. The summed E-state index contributed by atoms with van der Waals surface area (Å²) in [7, 11) is 0. The van der Waals surface area contributed by atoms with Crippen LogP contribution in [0, 0.1) is 0 Å². The third kappa shape index (κ3) is 58.7. The highest BCUT2D eigenvalue weighted by atomic mass is 16.6. The van der Waals surface area contributed by atoms with Crippen LogP contribution >= 0.6 is 0 Å². The summed E-state index contributed by atoms with van der Waals surface area (Å²) < 4.78 is 16.9. The molecule has 0 saturated heterocycles. The van der Waals surface area contributed by atoms with Gasteiger partial charge in [0.05, 0.1) is 0 Å². The molecule has 0 unspecified atom stereocenters. The molecular formula is C65H122O6. The second kappa shape index (κ2) is 60.4. The Morgan fingerprint density at radius 1 is 0.282 bits per heavy atom. The van der Waals surface area contributed by atoms with Crippen LogP contribution in [0.5, 0.6) is 0 Å². The minimum atomic E-state index is -0.770. The number of allylic oxidation sites excluding steroid dienone is 4. The summed E-state index contributed by atoms with van der Waals surface area (Å²) in [6, 6.07) is 0. The van der Waals surface area contributed by atoms with Crippen LogP contribution in [-0.2, 0) is 28.6 Å². The van der Waals surface area contributed by atoms with Gasteiger partial charge in [-0.1, -0.05) is 308 Å². The Labute approximate surface area is 443 Å². The van der Waals surface area contributed by atoms with Crippen molar-refractivity contribution in [1.82, 2.24) is 0 Å². The van der Waals surface area contributed by atoms with Crippen LogP contribution in [0.15, 0.2) is 24.3 Å². The van der Waals surface area contributed by atoms with E-state index in [0.717, 1.165) is 70.6 Å². The van der Waals surface area contributed by atoms with Crippen LogP contribution in [0.3, 0.4) is 0 Å². The lowest BCUT2D eigenvalue weighted by molar-refractivity contribution is -0.167. The highest BCUT2D eigenvalue weighted by molar-refractivity contribution is 5.71. The van der Waals surface area contributed by atoms with Crippen LogP contribution in [0.1, 0.15) is 355 Å². The van der Waals surface area contributed by atoms with E-state index in [1.807, 2.05) is 0 Å². The molecule has 0 aliphatic heterocycles. The van der Waals surface area contributed by atoms with Gasteiger partial charge in [0.15, 0.2) is 6.10 Å². The second-order valence-electron chi connectivity index (χ2n) is 21.7. The first kappa shape index (κ1) is 68.9. The average molecular weight is 1000 g/mol. The summed E-state index contributed by atoms with van der Waals surface area (Å²) in [5.41, 5.74) is 0. The number of ether oxygens (including phenoxy) is 3. The van der Waals surface area contributed by atoms with Crippen molar-refractivity contribution in [2.24, 2.45) is 0 Å². The van der Waals surface area contributed by atoms with Gasteiger partial charge in [-0.25, -0.2) is 0 Å². The highest BCUT2D eigenvalue weighted by Crippen LogP contribution is 2.18. The first-order chi connectivity index (χ1) is 35.0. The van der Waals surface area contributed by atoms with Crippen molar-refractivity contribution in [3.63, 3.8) is 0 Å². The summed E-state index contributed by atoms with van der Waals surface area (Å²) in [4.78, 5) is 38.3. The van der Waals surface area contributed by atoms with Crippen molar-refractivity contribution in [3.8, 4) is 0 Å². The molecule has 0 N–H and O–H groups in total. The van der Waals surface area contributed by atoms with Gasteiger partial charge in [-0.2, -0.15) is 0 Å². The lowest BCUT2D eigenvalue weighted by Gasteiger charge is -2.18. The summed E-state index contributed by atoms with van der Waals surface area (Å²) >= 11 is 0. The molecule has 1 atom stereocenters. The van der Waals surface area contributed by atoms with Crippen LogP contribution in [0.25, 0.3) is 0 Å². The highest BCUT2D eigenvalue weighted by Gasteiger charge is 2.19. The van der Waals surface area contributed by atoms with Gasteiger partial charge in [0.1, 0.15) is 13.2 Å². The van der Waals surface area contributed by atoms with Gasteiger partial charge in [-0.3, -0.25) is 14.4 Å². The molecule has 0 aliphatic carbocycles. The summed E-state index contributed by atoms with van der Waals surface area (Å²) in [6.45, 7) is 6.68. The molecule has 0 saturated carbocycles. The van der Waals surface area contributed by atoms with E-state index >= 15 is 0 Å². The molecule has 0 bridgehead atoms. The van der Waals surface area contributed by atoms with Gasteiger partial charge in [-0.15, -0.1) is 0 Å². The van der Waals surface area contributed by atoms with Crippen LogP contribution < -0.4 is 0 Å². The molecule has 6 nitrogen and oxygen atoms in total. The minimum absolute atomic E-state index is 0.0676. The molecule has 0 aromatic heterocycles. The van der Waals surface area contributed by atoms with Crippen LogP contribution in [0.2, 0.25) is 0 Å². The maximum absolute atomic E-state index is 12.9. The molecule has 0 aromatic carbocycles. The van der Waals surface area contributed by atoms with Crippen molar-refractivity contribution in [2.75, 3.05) is 13.2 Å².